The lowest BCUT2D eigenvalue weighted by molar-refractivity contribution is 1.17. The molecule has 3 aromatic rings. The summed E-state index contributed by atoms with van der Waals surface area (Å²) >= 11 is 0. The van der Waals surface area contributed by atoms with Crippen LogP contribution in [0.2, 0.25) is 0 Å². The van der Waals surface area contributed by atoms with E-state index in [0.717, 1.165) is 33.6 Å². The second-order valence-corrected chi connectivity index (χ2v) is 6.12. The first-order valence-electron chi connectivity index (χ1n) is 9.03. The van der Waals surface area contributed by atoms with Gasteiger partial charge in [0.25, 0.3) is 0 Å². The Morgan fingerprint density at radius 1 is 0.429 bits per heavy atom. The average Bonchev–Trinajstić information content (AvgIpc) is 2.74. The summed E-state index contributed by atoms with van der Waals surface area (Å²) in [6, 6.07) is 24.4. The van der Waals surface area contributed by atoms with Crippen molar-refractivity contribution in [3.05, 3.63) is 95.1 Å². The van der Waals surface area contributed by atoms with Crippen molar-refractivity contribution < 1.29 is 0 Å². The monoisotopic (exact) mass is 366 g/mol. The van der Waals surface area contributed by atoms with Crippen LogP contribution in [0.5, 0.6) is 0 Å². The van der Waals surface area contributed by atoms with Gasteiger partial charge in [0.2, 0.25) is 0 Å². The first-order chi connectivity index (χ1) is 13.8. The Morgan fingerprint density at radius 3 is 0.929 bits per heavy atom. The van der Waals surface area contributed by atoms with Gasteiger partial charge in [-0.05, 0) is 46.5 Å². The van der Waals surface area contributed by atoms with Crippen LogP contribution in [0.15, 0.2) is 93.3 Å². The molecule has 0 amide bonds. The van der Waals surface area contributed by atoms with E-state index in [1.807, 2.05) is 48.5 Å². The summed E-state index contributed by atoms with van der Waals surface area (Å²) in [6.45, 7) is 0. The third-order valence-electron chi connectivity index (χ3n) is 4.09. The van der Waals surface area contributed by atoms with Crippen molar-refractivity contribution in [2.75, 3.05) is 14.1 Å². The predicted octanol–water partition coefficient (Wildman–Crippen LogP) is 7.45. The summed E-state index contributed by atoms with van der Waals surface area (Å²) in [5, 5.41) is 15.6. The van der Waals surface area contributed by atoms with Gasteiger partial charge in [-0.1, -0.05) is 72.8 Å². The Hall–Kier alpha value is -3.66. The summed E-state index contributed by atoms with van der Waals surface area (Å²) in [5.41, 5.74) is 6.29. The molecular weight excluding hydrogens is 344 g/mol. The summed E-state index contributed by atoms with van der Waals surface area (Å²) in [7, 11) is 3.34. The van der Waals surface area contributed by atoms with Crippen molar-refractivity contribution in [1.29, 1.82) is 0 Å². The number of nitrogens with zero attached hydrogens (tertiary/aromatic N) is 4. The molecule has 138 valence electrons. The summed E-state index contributed by atoms with van der Waals surface area (Å²) in [6.07, 6.45) is 8.38. The average molecular weight is 366 g/mol. The quantitative estimate of drug-likeness (QED) is 0.321. The number of benzene rings is 3. The van der Waals surface area contributed by atoms with Crippen molar-refractivity contribution in [1.82, 2.24) is 0 Å². The fourth-order valence-corrected chi connectivity index (χ4v) is 2.64. The lowest BCUT2D eigenvalue weighted by atomic mass is 10.1. The van der Waals surface area contributed by atoms with Gasteiger partial charge in [-0.3, -0.25) is 0 Å². The zero-order valence-electron chi connectivity index (χ0n) is 16.0. The first-order valence-corrected chi connectivity index (χ1v) is 9.03. The van der Waals surface area contributed by atoms with Gasteiger partial charge in [0.05, 0.1) is 11.4 Å². The first kappa shape index (κ1) is 19.1. The van der Waals surface area contributed by atoms with E-state index >= 15 is 0 Å². The molecule has 0 saturated heterocycles. The molecule has 0 bridgehead atoms. The van der Waals surface area contributed by atoms with Crippen molar-refractivity contribution in [3.8, 4) is 0 Å². The fraction of sp³-hybridized carbons (Fsp3) is 0.0833. The lowest BCUT2D eigenvalue weighted by Crippen LogP contribution is -1.76. The van der Waals surface area contributed by atoms with Crippen LogP contribution in [0, 0.1) is 0 Å². The molecule has 0 radical (unpaired) electrons. The molecule has 0 aliphatic heterocycles. The molecule has 0 aliphatic rings. The number of hydrogen-bond donors (Lipinski definition) is 0. The summed E-state index contributed by atoms with van der Waals surface area (Å²) in [4.78, 5) is 0. The van der Waals surface area contributed by atoms with Gasteiger partial charge in [0.15, 0.2) is 0 Å². The smallest absolute Gasteiger partial charge is 0.0852 e. The minimum atomic E-state index is 0.861. The lowest BCUT2D eigenvalue weighted by Gasteiger charge is -1.98. The Morgan fingerprint density at radius 2 is 0.679 bits per heavy atom. The normalized spacial score (nSPS) is 12.1. The molecule has 3 aromatic carbocycles. The maximum absolute atomic E-state index is 4.01. The van der Waals surface area contributed by atoms with E-state index in [-0.39, 0.29) is 0 Å². The molecule has 4 nitrogen and oxygen atoms in total. The zero-order valence-corrected chi connectivity index (χ0v) is 16.0. The molecule has 0 heterocycles. The van der Waals surface area contributed by atoms with Crippen molar-refractivity contribution in [3.63, 3.8) is 0 Å². The fourth-order valence-electron chi connectivity index (χ4n) is 2.64. The van der Waals surface area contributed by atoms with E-state index in [1.165, 1.54) is 0 Å². The number of rotatable bonds is 6. The van der Waals surface area contributed by atoms with Crippen molar-refractivity contribution in [2.45, 2.75) is 0 Å². The maximum Gasteiger partial charge on any atom is 0.0852 e. The minimum absolute atomic E-state index is 0.861. The van der Waals surface area contributed by atoms with Crippen LogP contribution in [-0.2, 0) is 0 Å². The molecule has 0 aliphatic carbocycles. The topological polar surface area (TPSA) is 49.4 Å². The second kappa shape index (κ2) is 9.88. The van der Waals surface area contributed by atoms with Gasteiger partial charge in [-0.25, -0.2) is 0 Å². The minimum Gasteiger partial charge on any atom is -0.192 e. The number of hydrogen-bond acceptors (Lipinski definition) is 4. The highest BCUT2D eigenvalue weighted by atomic mass is 15.1. The molecule has 0 unspecified atom stereocenters. The Labute approximate surface area is 165 Å². The highest BCUT2D eigenvalue weighted by Gasteiger charge is 1.93. The molecule has 0 aromatic heterocycles. The van der Waals surface area contributed by atoms with E-state index in [4.69, 9.17) is 0 Å². The molecule has 3 rings (SSSR count). The highest BCUT2D eigenvalue weighted by Crippen LogP contribution is 2.17. The third-order valence-corrected chi connectivity index (χ3v) is 4.09. The van der Waals surface area contributed by atoms with Gasteiger partial charge >= 0.3 is 0 Å². The maximum atomic E-state index is 4.01. The highest BCUT2D eigenvalue weighted by molar-refractivity contribution is 5.73. The molecule has 28 heavy (non-hydrogen) atoms. The summed E-state index contributed by atoms with van der Waals surface area (Å²) in [5.74, 6) is 0. The summed E-state index contributed by atoms with van der Waals surface area (Å²) < 4.78 is 0. The largest absolute Gasteiger partial charge is 0.192 e. The predicted molar refractivity (Wildman–Crippen MR) is 118 cm³/mol. The molecule has 0 atom stereocenters. The van der Waals surface area contributed by atoms with Gasteiger partial charge in [0, 0.05) is 14.1 Å². The van der Waals surface area contributed by atoms with Crippen LogP contribution in [0.4, 0.5) is 11.4 Å². The third kappa shape index (κ3) is 5.68. The molecule has 0 fully saturated rings. The molecule has 0 saturated carbocycles. The van der Waals surface area contributed by atoms with E-state index in [0.29, 0.717) is 0 Å². The zero-order chi connectivity index (χ0) is 19.6. The van der Waals surface area contributed by atoms with E-state index < -0.39 is 0 Å². The van der Waals surface area contributed by atoms with E-state index in [1.54, 1.807) is 14.1 Å². The Bertz CT molecular complexity index is 909. The molecular formula is C24H22N4. The van der Waals surface area contributed by atoms with Crippen molar-refractivity contribution in [2.24, 2.45) is 20.5 Å². The Balaban J connectivity index is 1.62. The van der Waals surface area contributed by atoms with Gasteiger partial charge in [-0.15, -0.1) is 0 Å². The Kier molecular flexibility index (Phi) is 6.74. The van der Waals surface area contributed by atoms with Gasteiger partial charge in [-0.2, -0.15) is 20.5 Å². The van der Waals surface area contributed by atoms with Crippen molar-refractivity contribution >= 4 is 35.7 Å². The van der Waals surface area contributed by atoms with Gasteiger partial charge in [0.1, 0.15) is 0 Å². The van der Waals surface area contributed by atoms with E-state index in [2.05, 4.69) is 69.0 Å². The van der Waals surface area contributed by atoms with Crippen LogP contribution >= 0.6 is 0 Å². The number of azo groups is 2. The van der Waals surface area contributed by atoms with Crippen LogP contribution in [0.25, 0.3) is 24.3 Å². The van der Waals surface area contributed by atoms with Crippen LogP contribution in [0.1, 0.15) is 22.3 Å². The molecule has 0 N–H and O–H groups in total. The second-order valence-electron chi connectivity index (χ2n) is 6.12. The van der Waals surface area contributed by atoms with Crippen LogP contribution < -0.4 is 0 Å². The molecule has 4 heteroatoms. The van der Waals surface area contributed by atoms with Crippen LogP contribution in [0.3, 0.4) is 0 Å². The standard InChI is InChI=1S/C24H22N4/c1-25-27-23-15-11-21(12-16-23)9-7-19-3-5-20(6-4-19)8-10-22-13-17-24(18-14-22)28-26-2/h3-18H,1-2H3/b9-7+,10-8+,27-25?,28-26?. The van der Waals surface area contributed by atoms with Gasteiger partial charge < -0.3 is 0 Å². The van der Waals surface area contributed by atoms with Crippen LogP contribution in [-0.4, -0.2) is 14.1 Å². The SMILES string of the molecule is CN=Nc1ccc(/C=C/c2ccc(/C=C/c3ccc(N=NC)cc3)cc2)cc1. The van der Waals surface area contributed by atoms with E-state index in [9.17, 15) is 0 Å². The molecule has 0 spiro atoms.